The van der Waals surface area contributed by atoms with Gasteiger partial charge in [-0.15, -0.1) is 0 Å². The Morgan fingerprint density at radius 1 is 1.42 bits per heavy atom. The van der Waals surface area contributed by atoms with Crippen LogP contribution in [0.25, 0.3) is 0 Å². The summed E-state index contributed by atoms with van der Waals surface area (Å²) in [6, 6.07) is 10.6. The summed E-state index contributed by atoms with van der Waals surface area (Å²) in [7, 11) is 0. The van der Waals surface area contributed by atoms with Crippen molar-refractivity contribution >= 4 is 0 Å². The quantitative estimate of drug-likeness (QED) is 0.809. The number of nitrogens with zero attached hydrogens (tertiary/aromatic N) is 1. The standard InChI is InChI=1S/C16H23FNO/c1-16(2,17)13-18-10-8-14(9-11-18)12-19-15-6-4-3-5-7-15/h3-4,6-7,14H,8-13H2,1-2H3. The summed E-state index contributed by atoms with van der Waals surface area (Å²) in [5.41, 5.74) is -1.09. The van der Waals surface area contributed by atoms with Crippen LogP contribution in [0.2, 0.25) is 0 Å². The Bertz CT molecular complexity index is 366. The van der Waals surface area contributed by atoms with E-state index in [1.807, 2.05) is 24.3 Å². The van der Waals surface area contributed by atoms with Crippen molar-refractivity contribution in [3.63, 3.8) is 0 Å². The summed E-state index contributed by atoms with van der Waals surface area (Å²) >= 11 is 0. The predicted molar refractivity (Wildman–Crippen MR) is 75.1 cm³/mol. The van der Waals surface area contributed by atoms with E-state index in [9.17, 15) is 4.39 Å². The third kappa shape index (κ3) is 5.19. The number of rotatable bonds is 5. The van der Waals surface area contributed by atoms with Crippen molar-refractivity contribution in [3.8, 4) is 5.75 Å². The Balaban J connectivity index is 1.69. The highest BCUT2D eigenvalue weighted by molar-refractivity contribution is 5.20. The van der Waals surface area contributed by atoms with Crippen molar-refractivity contribution in [1.29, 1.82) is 0 Å². The fraction of sp³-hybridized carbons (Fsp3) is 0.625. The average Bonchev–Trinajstić information content (AvgIpc) is 2.37. The summed E-state index contributed by atoms with van der Waals surface area (Å²) in [4.78, 5) is 2.22. The fourth-order valence-corrected chi connectivity index (χ4v) is 2.52. The number of piperidine rings is 1. The Kier molecular flexibility index (Phi) is 4.81. The van der Waals surface area contributed by atoms with E-state index in [1.54, 1.807) is 13.8 Å². The summed E-state index contributed by atoms with van der Waals surface area (Å²) in [6.45, 7) is 6.53. The molecular weight excluding hydrogens is 241 g/mol. The molecule has 2 nitrogen and oxygen atoms in total. The summed E-state index contributed by atoms with van der Waals surface area (Å²) in [5, 5.41) is 0. The van der Waals surface area contributed by atoms with Gasteiger partial charge in [0, 0.05) is 6.54 Å². The first kappa shape index (κ1) is 14.3. The molecule has 2 rings (SSSR count). The predicted octanol–water partition coefficient (Wildman–Crippen LogP) is 3.33. The zero-order chi connectivity index (χ0) is 13.7. The Hall–Kier alpha value is -1.09. The molecule has 1 heterocycles. The van der Waals surface area contributed by atoms with Gasteiger partial charge in [-0.05, 0) is 63.9 Å². The molecule has 0 amide bonds. The maximum atomic E-state index is 13.6. The van der Waals surface area contributed by atoms with Gasteiger partial charge in [0.05, 0.1) is 6.61 Å². The normalized spacial score (nSPS) is 18.5. The first-order chi connectivity index (χ1) is 9.03. The van der Waals surface area contributed by atoms with Gasteiger partial charge in [0.15, 0.2) is 0 Å². The molecule has 3 heteroatoms. The van der Waals surface area contributed by atoms with E-state index in [1.165, 1.54) is 0 Å². The lowest BCUT2D eigenvalue weighted by atomic mass is 9.97. The van der Waals surface area contributed by atoms with Crippen molar-refractivity contribution in [2.75, 3.05) is 26.2 Å². The largest absolute Gasteiger partial charge is 0.493 e. The molecule has 0 bridgehead atoms. The van der Waals surface area contributed by atoms with Crippen LogP contribution in [0.1, 0.15) is 26.7 Å². The molecule has 1 fully saturated rings. The maximum Gasteiger partial charge on any atom is 0.119 e. The highest BCUT2D eigenvalue weighted by Crippen LogP contribution is 2.21. The summed E-state index contributed by atoms with van der Waals surface area (Å²) < 4.78 is 19.3. The van der Waals surface area contributed by atoms with Gasteiger partial charge in [0.25, 0.3) is 0 Å². The first-order valence-electron chi connectivity index (χ1n) is 7.03. The lowest BCUT2D eigenvalue weighted by molar-refractivity contribution is 0.0836. The van der Waals surface area contributed by atoms with Crippen molar-refractivity contribution in [1.82, 2.24) is 4.90 Å². The lowest BCUT2D eigenvalue weighted by Gasteiger charge is -2.34. The number of ether oxygens (including phenoxy) is 1. The van der Waals surface area contributed by atoms with Crippen molar-refractivity contribution in [2.45, 2.75) is 32.4 Å². The van der Waals surface area contributed by atoms with E-state index in [2.05, 4.69) is 11.0 Å². The molecule has 1 aromatic carbocycles. The van der Waals surface area contributed by atoms with Crippen LogP contribution in [0.4, 0.5) is 4.39 Å². The van der Waals surface area contributed by atoms with Crippen LogP contribution >= 0.6 is 0 Å². The minimum Gasteiger partial charge on any atom is -0.493 e. The second kappa shape index (κ2) is 6.38. The number of benzene rings is 1. The van der Waals surface area contributed by atoms with Gasteiger partial charge in [-0.3, -0.25) is 0 Å². The number of hydrogen-bond donors (Lipinski definition) is 0. The second-order valence-electron chi connectivity index (χ2n) is 5.99. The maximum absolute atomic E-state index is 13.6. The molecule has 1 saturated heterocycles. The average molecular weight is 264 g/mol. The van der Waals surface area contributed by atoms with Crippen LogP contribution in [0, 0.1) is 12.0 Å². The Labute approximate surface area is 115 Å². The molecule has 0 atom stereocenters. The molecule has 0 aromatic heterocycles. The molecule has 19 heavy (non-hydrogen) atoms. The molecule has 1 aliphatic heterocycles. The van der Waals surface area contributed by atoms with E-state index in [4.69, 9.17) is 4.74 Å². The summed E-state index contributed by atoms with van der Waals surface area (Å²) in [5.74, 6) is 1.47. The number of hydrogen-bond acceptors (Lipinski definition) is 2. The van der Waals surface area contributed by atoms with Gasteiger partial charge in [0.1, 0.15) is 11.4 Å². The number of alkyl halides is 1. The van der Waals surface area contributed by atoms with E-state index in [0.29, 0.717) is 12.5 Å². The minimum atomic E-state index is -1.09. The molecule has 0 spiro atoms. The molecule has 1 radical (unpaired) electrons. The van der Waals surface area contributed by atoms with Crippen LogP contribution in [0.3, 0.4) is 0 Å². The molecule has 0 saturated carbocycles. The van der Waals surface area contributed by atoms with Gasteiger partial charge in [-0.2, -0.15) is 0 Å². The Morgan fingerprint density at radius 2 is 2.16 bits per heavy atom. The van der Waals surface area contributed by atoms with Gasteiger partial charge in [-0.1, -0.05) is 12.1 Å². The van der Waals surface area contributed by atoms with Gasteiger partial charge in [-0.25, -0.2) is 4.39 Å². The van der Waals surface area contributed by atoms with Crippen LogP contribution in [0.5, 0.6) is 5.75 Å². The van der Waals surface area contributed by atoms with E-state index < -0.39 is 5.67 Å². The molecule has 0 unspecified atom stereocenters. The smallest absolute Gasteiger partial charge is 0.119 e. The van der Waals surface area contributed by atoms with E-state index >= 15 is 0 Å². The zero-order valence-electron chi connectivity index (χ0n) is 11.9. The van der Waals surface area contributed by atoms with Crippen LogP contribution in [0.15, 0.2) is 24.3 Å². The number of likely N-dealkylation sites (tertiary alicyclic amines) is 1. The minimum absolute atomic E-state index is 0.536. The van der Waals surface area contributed by atoms with Gasteiger partial charge >= 0.3 is 0 Å². The van der Waals surface area contributed by atoms with Crippen LogP contribution in [-0.4, -0.2) is 36.8 Å². The van der Waals surface area contributed by atoms with Crippen molar-refractivity contribution < 1.29 is 9.13 Å². The fourth-order valence-electron chi connectivity index (χ4n) is 2.52. The van der Waals surface area contributed by atoms with Crippen molar-refractivity contribution in [3.05, 3.63) is 30.3 Å². The second-order valence-corrected chi connectivity index (χ2v) is 5.99. The molecule has 0 aliphatic carbocycles. The highest BCUT2D eigenvalue weighted by atomic mass is 19.1. The van der Waals surface area contributed by atoms with E-state index in [-0.39, 0.29) is 0 Å². The number of halogens is 1. The van der Waals surface area contributed by atoms with Crippen LogP contribution < -0.4 is 4.74 Å². The third-order valence-electron chi connectivity index (χ3n) is 3.47. The monoisotopic (exact) mass is 264 g/mol. The molecule has 1 aromatic rings. The third-order valence-corrected chi connectivity index (χ3v) is 3.47. The van der Waals surface area contributed by atoms with E-state index in [0.717, 1.165) is 38.3 Å². The van der Waals surface area contributed by atoms with Crippen molar-refractivity contribution in [2.24, 2.45) is 5.92 Å². The van der Waals surface area contributed by atoms with Crippen LogP contribution in [-0.2, 0) is 0 Å². The highest BCUT2D eigenvalue weighted by Gasteiger charge is 2.25. The molecular formula is C16H23FNO. The SMILES string of the molecule is CC(C)(F)CN1CCC(COc2c[c]ccc2)CC1. The molecule has 0 N–H and O–H groups in total. The Morgan fingerprint density at radius 3 is 2.74 bits per heavy atom. The first-order valence-corrected chi connectivity index (χ1v) is 7.03. The van der Waals surface area contributed by atoms with Gasteiger partial charge in [0.2, 0.25) is 0 Å². The van der Waals surface area contributed by atoms with Gasteiger partial charge < -0.3 is 9.64 Å². The zero-order valence-corrected chi connectivity index (χ0v) is 11.9. The summed E-state index contributed by atoms with van der Waals surface area (Å²) in [6.07, 6.45) is 2.18. The molecule has 1 aliphatic rings. The topological polar surface area (TPSA) is 12.5 Å². The lowest BCUT2D eigenvalue weighted by Crippen LogP contribution is -2.41. The molecule has 105 valence electrons.